The van der Waals surface area contributed by atoms with E-state index in [-0.39, 0.29) is 5.41 Å². The van der Waals surface area contributed by atoms with Crippen molar-refractivity contribution < 1.29 is 13.2 Å². The standard InChI is InChI=1S/C9H20N2O3S/c1-2-14-7-6-9(4-3-5-9)8-11-15(10,12)13/h11H,2-8H2,1H3,(H2,10,12,13). The maximum atomic E-state index is 10.8. The van der Waals surface area contributed by atoms with Gasteiger partial charge in [0, 0.05) is 19.8 Å². The van der Waals surface area contributed by atoms with Crippen LogP contribution in [-0.4, -0.2) is 28.2 Å². The Morgan fingerprint density at radius 2 is 2.13 bits per heavy atom. The highest BCUT2D eigenvalue weighted by molar-refractivity contribution is 7.87. The maximum Gasteiger partial charge on any atom is 0.274 e. The SMILES string of the molecule is CCOCCC1(CNS(N)(=O)=O)CCC1. The molecule has 0 heterocycles. The highest BCUT2D eigenvalue weighted by Gasteiger charge is 2.36. The first-order valence-electron chi connectivity index (χ1n) is 5.33. The van der Waals surface area contributed by atoms with E-state index in [0.717, 1.165) is 19.3 Å². The lowest BCUT2D eigenvalue weighted by Gasteiger charge is -2.41. The molecule has 1 aliphatic carbocycles. The minimum absolute atomic E-state index is 0.0849. The summed E-state index contributed by atoms with van der Waals surface area (Å²) in [6.07, 6.45) is 4.19. The second-order valence-corrected chi connectivity index (χ2v) is 5.55. The van der Waals surface area contributed by atoms with E-state index < -0.39 is 10.2 Å². The zero-order chi connectivity index (χ0) is 11.4. The predicted octanol–water partition coefficient (Wildman–Crippen LogP) is 0.376. The number of hydrogen-bond donors (Lipinski definition) is 2. The molecule has 3 N–H and O–H groups in total. The number of hydrogen-bond acceptors (Lipinski definition) is 3. The lowest BCUT2D eigenvalue weighted by Crippen LogP contribution is -2.44. The Kier molecular flexibility index (Phi) is 4.51. The van der Waals surface area contributed by atoms with E-state index in [9.17, 15) is 8.42 Å². The summed E-state index contributed by atoms with van der Waals surface area (Å²) in [5.41, 5.74) is 0.0849. The van der Waals surface area contributed by atoms with E-state index in [1.165, 1.54) is 6.42 Å². The van der Waals surface area contributed by atoms with Crippen LogP contribution in [0, 0.1) is 5.41 Å². The molecule has 1 saturated carbocycles. The van der Waals surface area contributed by atoms with E-state index in [2.05, 4.69) is 4.72 Å². The third-order valence-corrected chi connectivity index (χ3v) is 3.59. The van der Waals surface area contributed by atoms with Gasteiger partial charge in [-0.15, -0.1) is 0 Å². The molecule has 0 aliphatic heterocycles. The summed E-state index contributed by atoms with van der Waals surface area (Å²) < 4.78 is 29.2. The topological polar surface area (TPSA) is 81.4 Å². The fraction of sp³-hybridized carbons (Fsp3) is 1.00. The van der Waals surface area contributed by atoms with Gasteiger partial charge in [-0.05, 0) is 31.6 Å². The molecular weight excluding hydrogens is 216 g/mol. The number of rotatable bonds is 7. The number of nitrogens with two attached hydrogens (primary N) is 1. The van der Waals surface area contributed by atoms with Gasteiger partial charge in [-0.3, -0.25) is 0 Å². The minimum Gasteiger partial charge on any atom is -0.382 e. The van der Waals surface area contributed by atoms with Crippen LogP contribution in [0.15, 0.2) is 0 Å². The lowest BCUT2D eigenvalue weighted by atomic mass is 9.67. The van der Waals surface area contributed by atoms with E-state index in [0.29, 0.717) is 19.8 Å². The summed E-state index contributed by atoms with van der Waals surface area (Å²) in [4.78, 5) is 0. The summed E-state index contributed by atoms with van der Waals surface area (Å²) in [5, 5.41) is 4.91. The molecule has 0 amide bonds. The molecule has 0 radical (unpaired) electrons. The smallest absolute Gasteiger partial charge is 0.274 e. The van der Waals surface area contributed by atoms with Crippen LogP contribution in [-0.2, 0) is 14.9 Å². The summed E-state index contributed by atoms with van der Waals surface area (Å²) in [6, 6.07) is 0. The number of nitrogens with one attached hydrogen (secondary N) is 1. The van der Waals surface area contributed by atoms with Crippen LogP contribution < -0.4 is 9.86 Å². The van der Waals surface area contributed by atoms with Crippen molar-refractivity contribution in [2.75, 3.05) is 19.8 Å². The quantitative estimate of drug-likeness (QED) is 0.627. The molecule has 0 aromatic heterocycles. The Balaban J connectivity index is 2.33. The first-order valence-corrected chi connectivity index (χ1v) is 6.87. The van der Waals surface area contributed by atoms with Gasteiger partial charge >= 0.3 is 0 Å². The van der Waals surface area contributed by atoms with Gasteiger partial charge in [0.25, 0.3) is 10.2 Å². The van der Waals surface area contributed by atoms with Crippen molar-refractivity contribution in [3.63, 3.8) is 0 Å². The molecule has 5 nitrogen and oxygen atoms in total. The van der Waals surface area contributed by atoms with Gasteiger partial charge in [0.15, 0.2) is 0 Å². The summed E-state index contributed by atoms with van der Waals surface area (Å²) in [5.74, 6) is 0. The largest absolute Gasteiger partial charge is 0.382 e. The fourth-order valence-corrected chi connectivity index (χ4v) is 2.39. The summed E-state index contributed by atoms with van der Waals surface area (Å²) in [7, 11) is -3.55. The van der Waals surface area contributed by atoms with Gasteiger partial charge in [-0.25, -0.2) is 9.86 Å². The van der Waals surface area contributed by atoms with E-state index >= 15 is 0 Å². The fourth-order valence-electron chi connectivity index (χ4n) is 1.88. The van der Waals surface area contributed by atoms with Crippen molar-refractivity contribution in [3.8, 4) is 0 Å². The van der Waals surface area contributed by atoms with Crippen LogP contribution >= 0.6 is 0 Å². The number of ether oxygens (including phenoxy) is 1. The Morgan fingerprint density at radius 3 is 2.53 bits per heavy atom. The van der Waals surface area contributed by atoms with Crippen molar-refractivity contribution in [2.24, 2.45) is 10.6 Å². The van der Waals surface area contributed by atoms with Crippen LogP contribution in [0.1, 0.15) is 32.6 Å². The molecule has 0 aromatic carbocycles. The Labute approximate surface area is 91.6 Å². The third kappa shape index (κ3) is 4.46. The summed E-state index contributed by atoms with van der Waals surface area (Å²) >= 11 is 0. The van der Waals surface area contributed by atoms with Crippen LogP contribution in [0.25, 0.3) is 0 Å². The van der Waals surface area contributed by atoms with Crippen molar-refractivity contribution in [2.45, 2.75) is 32.6 Å². The van der Waals surface area contributed by atoms with Crippen LogP contribution in [0.5, 0.6) is 0 Å². The van der Waals surface area contributed by atoms with Crippen molar-refractivity contribution >= 4 is 10.2 Å². The first kappa shape index (κ1) is 12.9. The monoisotopic (exact) mass is 236 g/mol. The zero-order valence-corrected chi connectivity index (χ0v) is 9.98. The lowest BCUT2D eigenvalue weighted by molar-refractivity contribution is 0.0579. The molecule has 0 spiro atoms. The average molecular weight is 236 g/mol. The second-order valence-electron chi connectivity index (χ2n) is 4.17. The summed E-state index contributed by atoms with van der Waals surface area (Å²) in [6.45, 7) is 3.80. The van der Waals surface area contributed by atoms with Gasteiger partial charge < -0.3 is 4.74 Å². The molecule has 0 saturated heterocycles. The van der Waals surface area contributed by atoms with Gasteiger partial charge in [-0.2, -0.15) is 8.42 Å². The van der Waals surface area contributed by atoms with Crippen molar-refractivity contribution in [1.29, 1.82) is 0 Å². The van der Waals surface area contributed by atoms with Gasteiger partial charge in [0.2, 0.25) is 0 Å². The van der Waals surface area contributed by atoms with Crippen molar-refractivity contribution in [1.82, 2.24) is 4.72 Å². The van der Waals surface area contributed by atoms with Crippen LogP contribution in [0.3, 0.4) is 0 Å². The average Bonchev–Trinajstić information content (AvgIpc) is 2.06. The van der Waals surface area contributed by atoms with Crippen molar-refractivity contribution in [3.05, 3.63) is 0 Å². The zero-order valence-electron chi connectivity index (χ0n) is 9.16. The van der Waals surface area contributed by atoms with E-state index in [1.807, 2.05) is 6.92 Å². The molecule has 1 aliphatic rings. The molecule has 0 bridgehead atoms. The molecule has 1 fully saturated rings. The second kappa shape index (κ2) is 5.25. The molecule has 0 aromatic rings. The minimum atomic E-state index is -3.55. The van der Waals surface area contributed by atoms with Crippen LogP contribution in [0.2, 0.25) is 0 Å². The molecule has 1 rings (SSSR count). The molecule has 6 heteroatoms. The Bertz CT molecular complexity index is 286. The first-order chi connectivity index (χ1) is 6.97. The molecular formula is C9H20N2O3S. The Hall–Kier alpha value is -0.170. The molecule has 15 heavy (non-hydrogen) atoms. The highest BCUT2D eigenvalue weighted by Crippen LogP contribution is 2.43. The van der Waals surface area contributed by atoms with Gasteiger partial charge in [-0.1, -0.05) is 6.42 Å². The third-order valence-electron chi connectivity index (χ3n) is 3.04. The predicted molar refractivity (Wildman–Crippen MR) is 58.5 cm³/mol. The molecule has 0 unspecified atom stereocenters. The van der Waals surface area contributed by atoms with Gasteiger partial charge in [0.1, 0.15) is 0 Å². The van der Waals surface area contributed by atoms with E-state index in [1.54, 1.807) is 0 Å². The highest BCUT2D eigenvalue weighted by atomic mass is 32.2. The van der Waals surface area contributed by atoms with Gasteiger partial charge in [0.05, 0.1) is 0 Å². The Morgan fingerprint density at radius 1 is 1.47 bits per heavy atom. The molecule has 90 valence electrons. The van der Waals surface area contributed by atoms with Crippen LogP contribution in [0.4, 0.5) is 0 Å². The molecule has 0 atom stereocenters. The van der Waals surface area contributed by atoms with E-state index in [4.69, 9.17) is 9.88 Å². The normalized spacial score (nSPS) is 19.9. The maximum absolute atomic E-state index is 10.8.